The molecule has 0 saturated carbocycles. The third kappa shape index (κ3) is 3.68. The van der Waals surface area contributed by atoms with Crippen LogP contribution in [0, 0.1) is 12.3 Å². The molecule has 0 bridgehead atoms. The number of anilines is 1. The number of aromatic nitrogens is 4. The van der Waals surface area contributed by atoms with Crippen LogP contribution in [0.4, 0.5) is 5.82 Å². The number of aromatic amines is 1. The summed E-state index contributed by atoms with van der Waals surface area (Å²) in [6.45, 7) is 4.62. The number of piperidine rings is 1. The van der Waals surface area contributed by atoms with Crippen molar-refractivity contribution in [3.63, 3.8) is 0 Å². The van der Waals surface area contributed by atoms with Gasteiger partial charge in [-0.15, -0.1) is 0 Å². The fourth-order valence-electron chi connectivity index (χ4n) is 4.83. The van der Waals surface area contributed by atoms with Gasteiger partial charge in [0.05, 0.1) is 6.33 Å². The Morgan fingerprint density at radius 3 is 2.84 bits per heavy atom. The molecular formula is C25H28N6. The Balaban J connectivity index is 1.42. The summed E-state index contributed by atoms with van der Waals surface area (Å²) in [5.41, 5.74) is 13.3. The van der Waals surface area contributed by atoms with Crippen LogP contribution in [0.2, 0.25) is 0 Å². The summed E-state index contributed by atoms with van der Waals surface area (Å²) in [6, 6.07) is 8.71. The molecule has 1 aliphatic carbocycles. The average Bonchev–Trinajstić information content (AvgIpc) is 3.15. The number of rotatable bonds is 4. The number of aryl methyl sites for hydroxylation is 1. The minimum Gasteiger partial charge on any atom is -0.355 e. The van der Waals surface area contributed by atoms with E-state index in [1.807, 2.05) is 0 Å². The van der Waals surface area contributed by atoms with Crippen molar-refractivity contribution in [3.8, 4) is 0 Å². The van der Waals surface area contributed by atoms with Crippen LogP contribution in [0.25, 0.3) is 16.7 Å². The maximum Gasteiger partial charge on any atom is 0.182 e. The number of nitrogens with zero attached hydrogens (tertiary/aromatic N) is 4. The molecule has 3 aromatic rings. The Morgan fingerprint density at radius 1 is 1.16 bits per heavy atom. The Hall–Kier alpha value is -3.25. The van der Waals surface area contributed by atoms with E-state index >= 15 is 0 Å². The van der Waals surface area contributed by atoms with E-state index in [0.29, 0.717) is 12.2 Å². The van der Waals surface area contributed by atoms with Crippen LogP contribution in [0.3, 0.4) is 0 Å². The molecule has 0 amide bonds. The van der Waals surface area contributed by atoms with Crippen LogP contribution in [-0.2, 0) is 0 Å². The lowest BCUT2D eigenvalue weighted by molar-refractivity contribution is 0.278. The van der Waals surface area contributed by atoms with Gasteiger partial charge in [-0.25, -0.2) is 15.0 Å². The molecule has 5 rings (SSSR count). The highest BCUT2D eigenvalue weighted by atomic mass is 15.2. The van der Waals surface area contributed by atoms with E-state index in [0.717, 1.165) is 43.7 Å². The molecule has 1 aromatic carbocycles. The van der Waals surface area contributed by atoms with Crippen LogP contribution >= 0.6 is 0 Å². The second kappa shape index (κ2) is 8.12. The van der Waals surface area contributed by atoms with Gasteiger partial charge >= 0.3 is 0 Å². The van der Waals surface area contributed by atoms with Gasteiger partial charge in [0.1, 0.15) is 11.8 Å². The normalized spacial score (nSPS) is 18.6. The highest BCUT2D eigenvalue weighted by molar-refractivity contribution is 5.82. The first-order valence-corrected chi connectivity index (χ1v) is 10.9. The number of nitrogens with two attached hydrogens (primary N) is 1. The second-order valence-corrected chi connectivity index (χ2v) is 8.56. The molecule has 31 heavy (non-hydrogen) atoms. The quantitative estimate of drug-likeness (QED) is 0.672. The summed E-state index contributed by atoms with van der Waals surface area (Å²) in [5, 5.41) is 0. The molecule has 1 saturated heterocycles. The predicted molar refractivity (Wildman–Crippen MR) is 126 cm³/mol. The minimum atomic E-state index is 0.00816. The number of hydrogen-bond donors (Lipinski definition) is 2. The van der Waals surface area contributed by atoms with Gasteiger partial charge in [0, 0.05) is 25.0 Å². The van der Waals surface area contributed by atoms with Gasteiger partial charge in [-0.05, 0) is 37.3 Å². The van der Waals surface area contributed by atoms with E-state index in [9.17, 15) is 0 Å². The van der Waals surface area contributed by atoms with Gasteiger partial charge in [-0.2, -0.15) is 0 Å². The molecule has 3 heterocycles. The highest BCUT2D eigenvalue weighted by Gasteiger charge is 2.37. The van der Waals surface area contributed by atoms with Crippen LogP contribution in [0.15, 0.2) is 66.8 Å². The maximum atomic E-state index is 6.44. The highest BCUT2D eigenvalue weighted by Crippen LogP contribution is 2.42. The molecule has 2 aromatic heterocycles. The minimum absolute atomic E-state index is 0.00816. The summed E-state index contributed by atoms with van der Waals surface area (Å²) in [7, 11) is 0. The first-order valence-electron chi connectivity index (χ1n) is 10.9. The van der Waals surface area contributed by atoms with Crippen molar-refractivity contribution in [1.29, 1.82) is 0 Å². The number of benzene rings is 1. The van der Waals surface area contributed by atoms with E-state index in [4.69, 9.17) is 5.73 Å². The van der Waals surface area contributed by atoms with Gasteiger partial charge in [-0.3, -0.25) is 0 Å². The Kier molecular flexibility index (Phi) is 5.16. The van der Waals surface area contributed by atoms with Gasteiger partial charge in [-0.1, -0.05) is 59.7 Å². The topological polar surface area (TPSA) is 83.7 Å². The molecule has 158 valence electrons. The van der Waals surface area contributed by atoms with Gasteiger partial charge in [0.25, 0.3) is 0 Å². The fraction of sp³-hybridized carbons (Fsp3) is 0.320. The smallest absolute Gasteiger partial charge is 0.182 e. The third-order valence-electron chi connectivity index (χ3n) is 6.73. The standard InChI is InChI=1S/C25H28N6/c1-18-5-4-7-19(13-18)20-6-2-3-8-21(14-20)25(15-26)9-11-31(12-10-25)24-22-23(28-16-27-22)29-17-30-24/h2-7,13-14,16-17H,8-12,15,26H2,1H3,(H,27,28,29,30). The molecule has 2 aliphatic rings. The number of imidazole rings is 1. The number of allylic oxidation sites excluding steroid dienone is 5. The SMILES string of the molecule is Cc1cccc(C2=CC=CCC(C3(CN)CCN(c4ncnc5nc[nH]c45)CC3)=C2)c1. The van der Waals surface area contributed by atoms with Gasteiger partial charge in [0.2, 0.25) is 0 Å². The summed E-state index contributed by atoms with van der Waals surface area (Å²) in [5.74, 6) is 0.934. The largest absolute Gasteiger partial charge is 0.355 e. The molecule has 0 radical (unpaired) electrons. The summed E-state index contributed by atoms with van der Waals surface area (Å²) < 4.78 is 0. The van der Waals surface area contributed by atoms with Crippen LogP contribution < -0.4 is 10.6 Å². The summed E-state index contributed by atoms with van der Waals surface area (Å²) in [4.78, 5) is 18.6. The van der Waals surface area contributed by atoms with E-state index in [1.54, 1.807) is 12.7 Å². The Morgan fingerprint density at radius 2 is 2.03 bits per heavy atom. The lowest BCUT2D eigenvalue weighted by Gasteiger charge is -2.43. The van der Waals surface area contributed by atoms with Crippen molar-refractivity contribution in [2.45, 2.75) is 26.2 Å². The summed E-state index contributed by atoms with van der Waals surface area (Å²) in [6.07, 6.45) is 15.3. The number of hydrogen-bond acceptors (Lipinski definition) is 5. The Labute approximate surface area is 182 Å². The van der Waals surface area contributed by atoms with E-state index in [2.05, 4.69) is 80.3 Å². The second-order valence-electron chi connectivity index (χ2n) is 8.56. The lowest BCUT2D eigenvalue weighted by atomic mass is 9.70. The fourth-order valence-corrected chi connectivity index (χ4v) is 4.83. The molecule has 1 fully saturated rings. The molecule has 1 aliphatic heterocycles. The van der Waals surface area contributed by atoms with Crippen molar-refractivity contribution in [1.82, 2.24) is 19.9 Å². The lowest BCUT2D eigenvalue weighted by Crippen LogP contribution is -2.45. The van der Waals surface area contributed by atoms with E-state index < -0.39 is 0 Å². The number of fused-ring (bicyclic) bond motifs is 1. The molecule has 0 unspecified atom stereocenters. The van der Waals surface area contributed by atoms with Crippen molar-refractivity contribution >= 4 is 22.6 Å². The van der Waals surface area contributed by atoms with E-state index in [1.165, 1.54) is 22.3 Å². The molecule has 6 nitrogen and oxygen atoms in total. The summed E-state index contributed by atoms with van der Waals surface area (Å²) >= 11 is 0. The van der Waals surface area contributed by atoms with Crippen molar-refractivity contribution in [3.05, 3.63) is 77.9 Å². The van der Waals surface area contributed by atoms with Crippen molar-refractivity contribution < 1.29 is 0 Å². The first kappa shape index (κ1) is 19.7. The predicted octanol–water partition coefficient (Wildman–Crippen LogP) is 4.18. The monoisotopic (exact) mass is 412 g/mol. The third-order valence-corrected chi connectivity index (χ3v) is 6.73. The van der Waals surface area contributed by atoms with Crippen LogP contribution in [0.1, 0.15) is 30.4 Å². The van der Waals surface area contributed by atoms with Crippen molar-refractivity contribution in [2.24, 2.45) is 11.1 Å². The number of nitrogens with one attached hydrogen (secondary N) is 1. The molecule has 0 spiro atoms. The first-order chi connectivity index (χ1) is 15.2. The van der Waals surface area contributed by atoms with Crippen molar-refractivity contribution in [2.75, 3.05) is 24.5 Å². The maximum absolute atomic E-state index is 6.44. The van der Waals surface area contributed by atoms with Crippen LogP contribution in [-0.4, -0.2) is 39.6 Å². The van der Waals surface area contributed by atoms with E-state index in [-0.39, 0.29) is 5.41 Å². The van der Waals surface area contributed by atoms with Gasteiger partial charge in [0.15, 0.2) is 11.5 Å². The molecule has 0 atom stereocenters. The zero-order valence-corrected chi connectivity index (χ0v) is 17.9. The zero-order chi connectivity index (χ0) is 21.3. The van der Waals surface area contributed by atoms with Gasteiger partial charge < -0.3 is 15.6 Å². The molecule has 6 heteroatoms. The average molecular weight is 413 g/mol. The molecular weight excluding hydrogens is 384 g/mol. The van der Waals surface area contributed by atoms with Crippen LogP contribution in [0.5, 0.6) is 0 Å². The molecule has 3 N–H and O–H groups in total. The number of H-pyrrole nitrogens is 1. The Bertz CT molecular complexity index is 1180. The zero-order valence-electron chi connectivity index (χ0n) is 17.9.